The highest BCUT2D eigenvalue weighted by atomic mass is 19.1. The highest BCUT2D eigenvalue weighted by Gasteiger charge is 2.16. The Labute approximate surface area is 206 Å². The zero-order chi connectivity index (χ0) is 25.1. The summed E-state index contributed by atoms with van der Waals surface area (Å²) >= 11 is 0. The summed E-state index contributed by atoms with van der Waals surface area (Å²) in [6.45, 7) is 1.40. The van der Waals surface area contributed by atoms with Crippen LogP contribution >= 0.6 is 0 Å². The minimum absolute atomic E-state index is 0.0377. The van der Waals surface area contributed by atoms with Crippen LogP contribution in [-0.2, 0) is 13.1 Å². The molecule has 0 aliphatic heterocycles. The Bertz CT molecular complexity index is 1590. The monoisotopic (exact) mass is 484 g/mol. The first-order valence-corrected chi connectivity index (χ1v) is 11.5. The Morgan fingerprint density at radius 3 is 2.56 bits per heavy atom. The summed E-state index contributed by atoms with van der Waals surface area (Å²) in [6, 6.07) is 19.9. The van der Waals surface area contributed by atoms with Crippen LogP contribution < -0.4 is 16.6 Å². The van der Waals surface area contributed by atoms with Gasteiger partial charge in [-0.1, -0.05) is 42.5 Å². The van der Waals surface area contributed by atoms with E-state index < -0.39 is 11.4 Å². The molecule has 0 amide bonds. The Hall–Kier alpha value is -4.18. The predicted octanol–water partition coefficient (Wildman–Crippen LogP) is 2.92. The summed E-state index contributed by atoms with van der Waals surface area (Å²) in [4.78, 5) is 22.0. The summed E-state index contributed by atoms with van der Waals surface area (Å²) in [5, 5.41) is 12.2. The molecule has 0 bridgehead atoms. The molecule has 4 N–H and O–H groups in total. The lowest BCUT2D eigenvalue weighted by Gasteiger charge is -2.13. The molecule has 5 aromatic rings. The molecule has 0 saturated heterocycles. The number of halogens is 1. The van der Waals surface area contributed by atoms with Gasteiger partial charge in [0.25, 0.3) is 5.56 Å². The number of nitrogens with zero attached hydrogens (tertiary/aromatic N) is 4. The molecule has 0 saturated carbocycles. The van der Waals surface area contributed by atoms with E-state index in [2.05, 4.69) is 15.3 Å². The second-order valence-corrected chi connectivity index (χ2v) is 8.30. The van der Waals surface area contributed by atoms with Gasteiger partial charge in [-0.15, -0.1) is 0 Å². The predicted molar refractivity (Wildman–Crippen MR) is 137 cm³/mol. The summed E-state index contributed by atoms with van der Waals surface area (Å²) in [6.07, 6.45) is 2.82. The quantitative estimate of drug-likeness (QED) is 0.292. The number of aromatic nitrogens is 4. The zero-order valence-corrected chi connectivity index (χ0v) is 19.4. The molecule has 0 radical (unpaired) electrons. The number of hydrogen-bond donors (Lipinski definition) is 3. The normalized spacial score (nSPS) is 11.3. The lowest BCUT2D eigenvalue weighted by molar-refractivity contribution is 0.292. The number of rotatable bonds is 8. The zero-order valence-electron chi connectivity index (χ0n) is 19.4. The average Bonchev–Trinajstić information content (AvgIpc) is 3.35. The van der Waals surface area contributed by atoms with Crippen LogP contribution in [0.15, 0.2) is 84.2 Å². The van der Waals surface area contributed by atoms with E-state index in [-0.39, 0.29) is 23.5 Å². The Morgan fingerprint density at radius 1 is 0.972 bits per heavy atom. The molecular weight excluding hydrogens is 459 g/mol. The van der Waals surface area contributed by atoms with Gasteiger partial charge in [0.05, 0.1) is 12.3 Å². The topological polar surface area (TPSA) is 111 Å². The molecule has 5 rings (SSSR count). The third kappa shape index (κ3) is 4.42. The van der Waals surface area contributed by atoms with Gasteiger partial charge in [0.1, 0.15) is 18.5 Å². The van der Waals surface area contributed by atoms with Gasteiger partial charge in [-0.3, -0.25) is 13.9 Å². The first kappa shape index (κ1) is 23.6. The molecule has 0 aliphatic carbocycles. The second kappa shape index (κ2) is 10.2. The van der Waals surface area contributed by atoms with Gasteiger partial charge in [0.15, 0.2) is 11.2 Å². The maximum Gasteiger partial charge on any atom is 0.284 e. The number of nitrogens with one attached hydrogen (secondary N) is 1. The van der Waals surface area contributed by atoms with E-state index in [0.29, 0.717) is 25.2 Å². The highest BCUT2D eigenvalue weighted by molar-refractivity contribution is 5.73. The van der Waals surface area contributed by atoms with E-state index in [1.54, 1.807) is 16.7 Å². The van der Waals surface area contributed by atoms with E-state index in [9.17, 15) is 4.79 Å². The average molecular weight is 485 g/mol. The molecule has 9 heteroatoms. The minimum Gasteiger partial charge on any atom is -0.395 e. The molecule has 0 atom stereocenters. The van der Waals surface area contributed by atoms with E-state index in [1.165, 1.54) is 23.3 Å². The van der Waals surface area contributed by atoms with E-state index >= 15 is 4.39 Å². The summed E-state index contributed by atoms with van der Waals surface area (Å²) < 4.78 is 18.3. The smallest absolute Gasteiger partial charge is 0.284 e. The largest absolute Gasteiger partial charge is 0.395 e. The van der Waals surface area contributed by atoms with Crippen LogP contribution in [-0.4, -0.2) is 37.4 Å². The van der Waals surface area contributed by atoms with E-state index in [4.69, 9.17) is 10.8 Å². The fourth-order valence-corrected chi connectivity index (χ4v) is 4.24. The van der Waals surface area contributed by atoms with Crippen molar-refractivity contribution in [1.29, 1.82) is 0 Å². The van der Waals surface area contributed by atoms with Crippen LogP contribution in [0.3, 0.4) is 0 Å². The molecule has 0 unspecified atom stereocenters. The SMILES string of the molecule is NCc1cccc(-n2cnc3ncn(-c4ccc(-c5ccccc5CNCCO)cc4F)c(=O)c32)c1. The van der Waals surface area contributed by atoms with Crippen molar-refractivity contribution in [3.63, 3.8) is 0 Å². The number of benzene rings is 3. The fraction of sp³-hybridized carbons (Fsp3) is 0.148. The van der Waals surface area contributed by atoms with Crippen molar-refractivity contribution in [3.05, 3.63) is 107 Å². The number of aliphatic hydroxyl groups is 1. The van der Waals surface area contributed by atoms with Crippen molar-refractivity contribution in [2.24, 2.45) is 5.73 Å². The number of nitrogens with two attached hydrogens (primary N) is 1. The van der Waals surface area contributed by atoms with Crippen LogP contribution in [0.25, 0.3) is 33.7 Å². The van der Waals surface area contributed by atoms with Crippen molar-refractivity contribution in [2.45, 2.75) is 13.1 Å². The Kier molecular flexibility index (Phi) is 6.68. The van der Waals surface area contributed by atoms with E-state index in [0.717, 1.165) is 22.4 Å². The number of hydrogen-bond acceptors (Lipinski definition) is 6. The highest BCUT2D eigenvalue weighted by Crippen LogP contribution is 2.27. The molecule has 182 valence electrons. The van der Waals surface area contributed by atoms with Crippen molar-refractivity contribution in [2.75, 3.05) is 13.2 Å². The molecule has 0 fully saturated rings. The van der Waals surface area contributed by atoms with Crippen molar-refractivity contribution in [3.8, 4) is 22.5 Å². The second-order valence-electron chi connectivity index (χ2n) is 8.30. The van der Waals surface area contributed by atoms with Gasteiger partial charge in [-0.05, 0) is 46.5 Å². The van der Waals surface area contributed by atoms with Gasteiger partial charge in [0, 0.05) is 25.3 Å². The standard InChI is InChI=1S/C27H25FN6O2/c28-23-13-19(22-7-2-1-5-20(22)15-30-10-11-35)8-9-24(23)34-17-32-26-25(27(34)36)33(16-31-26)21-6-3-4-18(12-21)14-29/h1-9,12-13,16-17,30,35H,10-11,14-15,29H2. The fourth-order valence-electron chi connectivity index (χ4n) is 4.24. The van der Waals surface area contributed by atoms with Crippen LogP contribution in [0.5, 0.6) is 0 Å². The molecule has 2 aromatic heterocycles. The number of fused-ring (bicyclic) bond motifs is 1. The summed E-state index contributed by atoms with van der Waals surface area (Å²) in [7, 11) is 0. The van der Waals surface area contributed by atoms with Gasteiger partial charge in [-0.25, -0.2) is 14.4 Å². The summed E-state index contributed by atoms with van der Waals surface area (Å²) in [5.74, 6) is -0.551. The Morgan fingerprint density at radius 2 is 1.78 bits per heavy atom. The molecule has 8 nitrogen and oxygen atoms in total. The Balaban J connectivity index is 1.56. The number of imidazole rings is 1. The third-order valence-electron chi connectivity index (χ3n) is 6.03. The third-order valence-corrected chi connectivity index (χ3v) is 6.03. The van der Waals surface area contributed by atoms with Gasteiger partial charge >= 0.3 is 0 Å². The molecule has 36 heavy (non-hydrogen) atoms. The van der Waals surface area contributed by atoms with Crippen LogP contribution in [0.2, 0.25) is 0 Å². The van der Waals surface area contributed by atoms with Gasteiger partial charge < -0.3 is 16.2 Å². The lowest BCUT2D eigenvalue weighted by Crippen LogP contribution is -2.21. The van der Waals surface area contributed by atoms with E-state index in [1.807, 2.05) is 48.5 Å². The van der Waals surface area contributed by atoms with Crippen molar-refractivity contribution < 1.29 is 9.50 Å². The van der Waals surface area contributed by atoms with Gasteiger partial charge in [0.2, 0.25) is 0 Å². The van der Waals surface area contributed by atoms with Crippen molar-refractivity contribution >= 4 is 11.2 Å². The van der Waals surface area contributed by atoms with Crippen LogP contribution in [0.1, 0.15) is 11.1 Å². The first-order valence-electron chi connectivity index (χ1n) is 11.5. The number of aliphatic hydroxyl groups excluding tert-OH is 1. The minimum atomic E-state index is -0.551. The van der Waals surface area contributed by atoms with Crippen LogP contribution in [0, 0.1) is 5.82 Å². The van der Waals surface area contributed by atoms with Gasteiger partial charge in [-0.2, -0.15) is 0 Å². The first-order chi connectivity index (χ1) is 17.6. The molecule has 3 aromatic carbocycles. The van der Waals surface area contributed by atoms with Crippen LogP contribution in [0.4, 0.5) is 4.39 Å². The molecular formula is C27H25FN6O2. The summed E-state index contributed by atoms with van der Waals surface area (Å²) in [5.41, 5.74) is 10.1. The molecule has 0 spiro atoms. The maximum atomic E-state index is 15.4. The maximum absolute atomic E-state index is 15.4. The van der Waals surface area contributed by atoms with Crippen molar-refractivity contribution in [1.82, 2.24) is 24.4 Å². The molecule has 2 heterocycles. The molecule has 0 aliphatic rings. The lowest BCUT2D eigenvalue weighted by atomic mass is 9.99.